The van der Waals surface area contributed by atoms with Gasteiger partial charge >= 0.3 is 5.97 Å². The van der Waals surface area contributed by atoms with Crippen LogP contribution in [0.15, 0.2) is 18.2 Å². The molecule has 31 heavy (non-hydrogen) atoms. The minimum absolute atomic E-state index is 0.0557. The van der Waals surface area contributed by atoms with Crippen LogP contribution < -0.4 is 0 Å². The summed E-state index contributed by atoms with van der Waals surface area (Å²) in [5, 5.41) is 0.782. The number of carbonyl (C=O) groups is 2. The van der Waals surface area contributed by atoms with E-state index in [2.05, 4.69) is 0 Å². The molecule has 3 rings (SSSR count). The molecule has 1 aromatic rings. The van der Waals surface area contributed by atoms with Gasteiger partial charge in [-0.15, -0.1) is 0 Å². The second kappa shape index (κ2) is 10.5. The van der Waals surface area contributed by atoms with Gasteiger partial charge in [0.25, 0.3) is 0 Å². The summed E-state index contributed by atoms with van der Waals surface area (Å²) >= 11 is 12.0. The quantitative estimate of drug-likeness (QED) is 0.570. The minimum atomic E-state index is -3.54. The molecule has 0 radical (unpaired) electrons. The molecule has 2 aliphatic rings. The van der Waals surface area contributed by atoms with E-state index < -0.39 is 10.0 Å². The van der Waals surface area contributed by atoms with Crippen LogP contribution in [0.5, 0.6) is 0 Å². The molecule has 0 aliphatic carbocycles. The van der Waals surface area contributed by atoms with E-state index >= 15 is 0 Å². The van der Waals surface area contributed by atoms with Gasteiger partial charge in [0.2, 0.25) is 15.9 Å². The molecule has 10 heteroatoms. The lowest BCUT2D eigenvalue weighted by Gasteiger charge is -2.36. The summed E-state index contributed by atoms with van der Waals surface area (Å²) in [4.78, 5) is 26.6. The number of piperidine rings is 2. The Balaban J connectivity index is 1.51. The Morgan fingerprint density at radius 3 is 2.23 bits per heavy atom. The Hall–Kier alpha value is -1.35. The normalized spacial score (nSPS) is 19.4. The summed E-state index contributed by atoms with van der Waals surface area (Å²) in [6, 6.07) is 4.77. The van der Waals surface area contributed by atoms with Gasteiger partial charge in [0.15, 0.2) is 0 Å². The number of amides is 1. The topological polar surface area (TPSA) is 84.0 Å². The van der Waals surface area contributed by atoms with Crippen molar-refractivity contribution in [3.63, 3.8) is 0 Å². The van der Waals surface area contributed by atoms with Crippen LogP contribution in [0.1, 0.15) is 38.2 Å². The fraction of sp³-hybridized carbons (Fsp3) is 0.619. The molecular formula is C21H28Cl2N2O5S. The molecule has 1 aromatic carbocycles. The molecule has 1 amide bonds. The van der Waals surface area contributed by atoms with Gasteiger partial charge < -0.3 is 9.64 Å². The Labute approximate surface area is 193 Å². The Morgan fingerprint density at radius 2 is 1.65 bits per heavy atom. The molecule has 2 heterocycles. The fourth-order valence-corrected chi connectivity index (χ4v) is 6.31. The van der Waals surface area contributed by atoms with Crippen LogP contribution in [0.2, 0.25) is 10.0 Å². The summed E-state index contributed by atoms with van der Waals surface area (Å²) in [7, 11) is -3.54. The number of hydrogen-bond acceptors (Lipinski definition) is 5. The SMILES string of the molecule is CCOC(=O)C1CCN(C(=O)C2CCN(S(=O)(=O)Cc3ccc(Cl)cc3Cl)CC2)CC1. The van der Waals surface area contributed by atoms with E-state index in [4.69, 9.17) is 27.9 Å². The number of nitrogens with zero attached hydrogens (tertiary/aromatic N) is 2. The number of benzene rings is 1. The lowest BCUT2D eigenvalue weighted by molar-refractivity contribution is -0.152. The van der Waals surface area contributed by atoms with Crippen molar-refractivity contribution in [2.45, 2.75) is 38.4 Å². The fourth-order valence-electron chi connectivity index (χ4n) is 4.16. The molecule has 2 saturated heterocycles. The first-order chi connectivity index (χ1) is 14.7. The van der Waals surface area contributed by atoms with Gasteiger partial charge in [-0.1, -0.05) is 29.3 Å². The van der Waals surface area contributed by atoms with Crippen LogP contribution in [0, 0.1) is 11.8 Å². The number of rotatable bonds is 6. The number of hydrogen-bond donors (Lipinski definition) is 0. The van der Waals surface area contributed by atoms with E-state index in [1.165, 1.54) is 10.4 Å². The third-order valence-corrected chi connectivity index (χ3v) is 8.39. The molecule has 0 bridgehead atoms. The van der Waals surface area contributed by atoms with E-state index in [0.29, 0.717) is 74.1 Å². The summed E-state index contributed by atoms with van der Waals surface area (Å²) in [6.07, 6.45) is 2.20. The highest BCUT2D eigenvalue weighted by Crippen LogP contribution is 2.28. The molecule has 0 atom stereocenters. The van der Waals surface area contributed by atoms with Crippen molar-refractivity contribution >= 4 is 45.1 Å². The van der Waals surface area contributed by atoms with Crippen molar-refractivity contribution in [2.24, 2.45) is 11.8 Å². The smallest absolute Gasteiger partial charge is 0.309 e. The Bertz CT molecular complexity index is 908. The highest BCUT2D eigenvalue weighted by molar-refractivity contribution is 7.88. The zero-order valence-corrected chi connectivity index (χ0v) is 19.9. The minimum Gasteiger partial charge on any atom is -0.466 e. The van der Waals surface area contributed by atoms with Gasteiger partial charge in [-0.05, 0) is 50.3 Å². The summed E-state index contributed by atoms with van der Waals surface area (Å²) in [6.45, 7) is 3.84. The lowest BCUT2D eigenvalue weighted by Crippen LogP contribution is -2.47. The number of carbonyl (C=O) groups excluding carboxylic acids is 2. The maximum absolute atomic E-state index is 12.9. The molecule has 2 fully saturated rings. The average molecular weight is 491 g/mol. The van der Waals surface area contributed by atoms with E-state index in [-0.39, 0.29) is 29.5 Å². The molecule has 0 saturated carbocycles. The predicted molar refractivity (Wildman–Crippen MR) is 119 cm³/mol. The molecule has 0 aromatic heterocycles. The van der Waals surface area contributed by atoms with Gasteiger partial charge in [0.05, 0.1) is 18.3 Å². The van der Waals surface area contributed by atoms with E-state index in [0.717, 1.165) is 0 Å². The summed E-state index contributed by atoms with van der Waals surface area (Å²) < 4.78 is 32.1. The molecule has 172 valence electrons. The number of esters is 1. The zero-order valence-electron chi connectivity index (χ0n) is 17.6. The standard InChI is InChI=1S/C21H28Cl2N2O5S/c1-2-30-21(27)16-5-9-24(10-6-16)20(26)15-7-11-25(12-8-15)31(28,29)14-17-3-4-18(22)13-19(17)23/h3-4,13,15-16H,2,5-12,14H2,1H3. The maximum Gasteiger partial charge on any atom is 0.309 e. The van der Waals surface area contributed by atoms with Crippen molar-refractivity contribution in [1.82, 2.24) is 9.21 Å². The van der Waals surface area contributed by atoms with Crippen molar-refractivity contribution in [3.05, 3.63) is 33.8 Å². The van der Waals surface area contributed by atoms with Crippen LogP contribution in [-0.4, -0.2) is 62.3 Å². The number of likely N-dealkylation sites (tertiary alicyclic amines) is 1. The van der Waals surface area contributed by atoms with E-state index in [9.17, 15) is 18.0 Å². The first-order valence-electron chi connectivity index (χ1n) is 10.6. The summed E-state index contributed by atoms with van der Waals surface area (Å²) in [5.74, 6) is -0.655. The van der Waals surface area contributed by atoms with Gasteiger partial charge in [-0.3, -0.25) is 9.59 Å². The zero-order chi connectivity index (χ0) is 22.6. The van der Waals surface area contributed by atoms with Gasteiger partial charge in [0, 0.05) is 42.1 Å². The lowest BCUT2D eigenvalue weighted by atomic mass is 9.92. The van der Waals surface area contributed by atoms with Crippen molar-refractivity contribution < 1.29 is 22.7 Å². The van der Waals surface area contributed by atoms with Crippen LogP contribution in [0.4, 0.5) is 0 Å². The van der Waals surface area contributed by atoms with Crippen molar-refractivity contribution in [1.29, 1.82) is 0 Å². The molecule has 0 N–H and O–H groups in total. The van der Waals surface area contributed by atoms with Crippen LogP contribution in [0.3, 0.4) is 0 Å². The van der Waals surface area contributed by atoms with Crippen LogP contribution in [0.25, 0.3) is 0 Å². The molecule has 0 unspecified atom stereocenters. The van der Waals surface area contributed by atoms with Crippen LogP contribution in [-0.2, 0) is 30.1 Å². The van der Waals surface area contributed by atoms with Crippen LogP contribution >= 0.6 is 23.2 Å². The van der Waals surface area contributed by atoms with Gasteiger partial charge in [-0.25, -0.2) is 12.7 Å². The second-order valence-corrected chi connectivity index (χ2v) is 10.8. The van der Waals surface area contributed by atoms with Gasteiger partial charge in [0.1, 0.15) is 0 Å². The molecule has 2 aliphatic heterocycles. The molecule has 7 nitrogen and oxygen atoms in total. The maximum atomic E-state index is 12.9. The molecular weight excluding hydrogens is 463 g/mol. The highest BCUT2D eigenvalue weighted by Gasteiger charge is 2.35. The number of halogens is 2. The Kier molecular flexibility index (Phi) is 8.24. The average Bonchev–Trinajstić information content (AvgIpc) is 2.75. The van der Waals surface area contributed by atoms with E-state index in [1.54, 1.807) is 24.0 Å². The monoisotopic (exact) mass is 490 g/mol. The highest BCUT2D eigenvalue weighted by atomic mass is 35.5. The second-order valence-electron chi connectivity index (χ2n) is 8.02. The predicted octanol–water partition coefficient (Wildman–Crippen LogP) is 3.34. The van der Waals surface area contributed by atoms with Crippen molar-refractivity contribution in [2.75, 3.05) is 32.8 Å². The third-order valence-electron chi connectivity index (χ3n) is 5.98. The largest absolute Gasteiger partial charge is 0.466 e. The van der Waals surface area contributed by atoms with Gasteiger partial charge in [-0.2, -0.15) is 0 Å². The first-order valence-corrected chi connectivity index (χ1v) is 12.9. The number of ether oxygens (including phenoxy) is 1. The Morgan fingerprint density at radius 1 is 1.03 bits per heavy atom. The third kappa shape index (κ3) is 6.12. The molecule has 0 spiro atoms. The van der Waals surface area contributed by atoms with E-state index in [1.807, 2.05) is 0 Å². The summed E-state index contributed by atoms with van der Waals surface area (Å²) in [5.41, 5.74) is 0.508. The van der Waals surface area contributed by atoms with Crippen molar-refractivity contribution in [3.8, 4) is 0 Å². The number of sulfonamides is 1. The first kappa shape index (κ1) is 24.3.